The summed E-state index contributed by atoms with van der Waals surface area (Å²) in [5.41, 5.74) is 0. The third-order valence-corrected chi connectivity index (χ3v) is 2.53. The van der Waals surface area contributed by atoms with E-state index in [1.165, 1.54) is 0 Å². The fraction of sp³-hybridized carbons (Fsp3) is 0.273. The number of rotatable bonds is 6. The zero-order valence-corrected chi connectivity index (χ0v) is 10.9. The van der Waals surface area contributed by atoms with Gasteiger partial charge in [-0.05, 0) is 24.3 Å². The Bertz CT molecular complexity index is 420. The summed E-state index contributed by atoms with van der Waals surface area (Å²) in [4.78, 5) is 21.9. The van der Waals surface area contributed by atoms with Gasteiger partial charge in [0, 0.05) is 4.47 Å². The smallest absolute Gasteiger partial charge is 0.328 e. The van der Waals surface area contributed by atoms with Gasteiger partial charge in [-0.3, -0.25) is 4.79 Å². The zero-order valence-electron chi connectivity index (χ0n) is 9.30. The fourth-order valence-corrected chi connectivity index (χ4v) is 1.37. The van der Waals surface area contributed by atoms with Crippen LogP contribution in [0.15, 0.2) is 28.7 Å². The molecule has 0 aromatic heterocycles. The van der Waals surface area contributed by atoms with Crippen LogP contribution < -0.4 is 10.1 Å². The Balaban J connectivity index is 2.41. The van der Waals surface area contributed by atoms with Crippen molar-refractivity contribution in [2.45, 2.75) is 6.04 Å². The van der Waals surface area contributed by atoms with E-state index in [0.29, 0.717) is 5.75 Å². The number of carbonyl (C=O) groups is 2. The third-order valence-electron chi connectivity index (χ3n) is 2.00. The van der Waals surface area contributed by atoms with Gasteiger partial charge in [0.25, 0.3) is 5.91 Å². The van der Waals surface area contributed by atoms with Crippen molar-refractivity contribution >= 4 is 27.8 Å². The zero-order chi connectivity index (χ0) is 13.5. The maximum Gasteiger partial charge on any atom is 0.328 e. The van der Waals surface area contributed by atoms with Crippen LogP contribution in [-0.4, -0.2) is 41.3 Å². The predicted octanol–water partition coefficient (Wildman–Crippen LogP) is 0.390. The second-order valence-electron chi connectivity index (χ2n) is 3.38. The standard InChI is InChI=1S/C11H12BrNO5/c12-7-1-3-8(4-2-7)18-6-10(15)13-9(5-14)11(16)17/h1-4,9,14H,5-6H2,(H,13,15)(H,16,17). The normalized spacial score (nSPS) is 11.7. The van der Waals surface area contributed by atoms with Gasteiger partial charge in [0.1, 0.15) is 11.8 Å². The SMILES string of the molecule is O=C(COc1ccc(Br)cc1)NC(CO)C(=O)O. The van der Waals surface area contributed by atoms with Crippen molar-refractivity contribution in [1.82, 2.24) is 5.32 Å². The van der Waals surface area contributed by atoms with Crippen LogP contribution in [0, 0.1) is 0 Å². The molecular formula is C11H12BrNO5. The Labute approximate surface area is 112 Å². The van der Waals surface area contributed by atoms with E-state index in [1.54, 1.807) is 24.3 Å². The first-order chi connectivity index (χ1) is 8.52. The molecule has 0 saturated heterocycles. The number of aliphatic hydroxyl groups excluding tert-OH is 1. The maximum absolute atomic E-state index is 11.3. The molecule has 0 bridgehead atoms. The van der Waals surface area contributed by atoms with E-state index < -0.39 is 24.5 Å². The quantitative estimate of drug-likeness (QED) is 0.705. The molecule has 0 aliphatic rings. The number of ether oxygens (including phenoxy) is 1. The summed E-state index contributed by atoms with van der Waals surface area (Å²) < 4.78 is 6.02. The Morgan fingerprint density at radius 3 is 2.44 bits per heavy atom. The molecule has 3 N–H and O–H groups in total. The maximum atomic E-state index is 11.3. The van der Waals surface area contributed by atoms with Crippen molar-refractivity contribution in [2.75, 3.05) is 13.2 Å². The Morgan fingerprint density at radius 1 is 1.33 bits per heavy atom. The van der Waals surface area contributed by atoms with Gasteiger partial charge in [-0.2, -0.15) is 0 Å². The molecule has 1 aromatic carbocycles. The molecule has 0 fully saturated rings. The van der Waals surface area contributed by atoms with Crippen molar-refractivity contribution in [2.24, 2.45) is 0 Å². The van der Waals surface area contributed by atoms with Gasteiger partial charge in [0.05, 0.1) is 6.61 Å². The van der Waals surface area contributed by atoms with E-state index in [-0.39, 0.29) is 6.61 Å². The molecule has 1 unspecified atom stereocenters. The molecule has 1 atom stereocenters. The summed E-state index contributed by atoms with van der Waals surface area (Å²) in [6.45, 7) is -0.981. The molecular weight excluding hydrogens is 306 g/mol. The van der Waals surface area contributed by atoms with Gasteiger partial charge in [0.15, 0.2) is 6.61 Å². The average molecular weight is 318 g/mol. The van der Waals surface area contributed by atoms with Gasteiger partial charge in [-0.15, -0.1) is 0 Å². The number of hydrogen-bond acceptors (Lipinski definition) is 4. The molecule has 0 saturated carbocycles. The minimum Gasteiger partial charge on any atom is -0.484 e. The van der Waals surface area contributed by atoms with Crippen LogP contribution in [0.5, 0.6) is 5.75 Å². The molecule has 98 valence electrons. The van der Waals surface area contributed by atoms with Crippen LogP contribution in [0.2, 0.25) is 0 Å². The van der Waals surface area contributed by atoms with Crippen molar-refractivity contribution in [3.05, 3.63) is 28.7 Å². The highest BCUT2D eigenvalue weighted by Crippen LogP contribution is 2.15. The lowest BCUT2D eigenvalue weighted by molar-refractivity contribution is -0.143. The molecule has 1 rings (SSSR count). The van der Waals surface area contributed by atoms with E-state index in [4.69, 9.17) is 14.9 Å². The molecule has 0 aliphatic carbocycles. The van der Waals surface area contributed by atoms with Crippen molar-refractivity contribution < 1.29 is 24.5 Å². The summed E-state index contributed by atoms with van der Waals surface area (Å²) in [7, 11) is 0. The number of halogens is 1. The van der Waals surface area contributed by atoms with E-state index in [0.717, 1.165) is 4.47 Å². The fourth-order valence-electron chi connectivity index (χ4n) is 1.10. The van der Waals surface area contributed by atoms with Crippen molar-refractivity contribution in [3.8, 4) is 5.75 Å². The topological polar surface area (TPSA) is 95.9 Å². The Morgan fingerprint density at radius 2 is 1.94 bits per heavy atom. The average Bonchev–Trinajstić information content (AvgIpc) is 2.35. The van der Waals surface area contributed by atoms with E-state index >= 15 is 0 Å². The van der Waals surface area contributed by atoms with E-state index in [1.807, 2.05) is 0 Å². The highest BCUT2D eigenvalue weighted by molar-refractivity contribution is 9.10. The Kier molecular flexibility index (Phi) is 5.60. The summed E-state index contributed by atoms with van der Waals surface area (Å²) in [6.07, 6.45) is 0. The molecule has 6 nitrogen and oxygen atoms in total. The number of aliphatic carboxylic acids is 1. The van der Waals surface area contributed by atoms with Crippen LogP contribution in [-0.2, 0) is 9.59 Å². The van der Waals surface area contributed by atoms with Gasteiger partial charge in [0.2, 0.25) is 0 Å². The van der Waals surface area contributed by atoms with E-state index in [9.17, 15) is 9.59 Å². The first-order valence-electron chi connectivity index (χ1n) is 5.04. The summed E-state index contributed by atoms with van der Waals surface area (Å²) in [5, 5.41) is 19.5. The lowest BCUT2D eigenvalue weighted by Crippen LogP contribution is -2.45. The van der Waals surface area contributed by atoms with Crippen LogP contribution >= 0.6 is 15.9 Å². The van der Waals surface area contributed by atoms with Gasteiger partial charge < -0.3 is 20.3 Å². The Hall–Kier alpha value is -1.60. The van der Waals surface area contributed by atoms with Gasteiger partial charge in [-0.1, -0.05) is 15.9 Å². The number of nitrogens with one attached hydrogen (secondary N) is 1. The van der Waals surface area contributed by atoms with Crippen molar-refractivity contribution in [3.63, 3.8) is 0 Å². The van der Waals surface area contributed by atoms with Gasteiger partial charge >= 0.3 is 5.97 Å². The predicted molar refractivity (Wildman–Crippen MR) is 66.3 cm³/mol. The summed E-state index contributed by atoms with van der Waals surface area (Å²) in [5.74, 6) is -1.42. The first kappa shape index (κ1) is 14.5. The lowest BCUT2D eigenvalue weighted by Gasteiger charge is -2.12. The highest BCUT2D eigenvalue weighted by atomic mass is 79.9. The lowest BCUT2D eigenvalue weighted by atomic mass is 10.3. The largest absolute Gasteiger partial charge is 0.484 e. The minimum atomic E-state index is -1.31. The number of amides is 1. The number of benzene rings is 1. The summed E-state index contributed by atoms with van der Waals surface area (Å²) in [6, 6.07) is 5.52. The second-order valence-corrected chi connectivity index (χ2v) is 4.30. The molecule has 18 heavy (non-hydrogen) atoms. The molecule has 0 aliphatic heterocycles. The summed E-state index contributed by atoms with van der Waals surface area (Å²) >= 11 is 3.26. The van der Waals surface area contributed by atoms with Crippen LogP contribution in [0.3, 0.4) is 0 Å². The third kappa shape index (κ3) is 4.72. The van der Waals surface area contributed by atoms with Crippen LogP contribution in [0.1, 0.15) is 0 Å². The van der Waals surface area contributed by atoms with E-state index in [2.05, 4.69) is 21.2 Å². The number of carboxylic acid groups (broad SMARTS) is 1. The van der Waals surface area contributed by atoms with Crippen molar-refractivity contribution in [1.29, 1.82) is 0 Å². The highest BCUT2D eigenvalue weighted by Gasteiger charge is 2.18. The van der Waals surface area contributed by atoms with Gasteiger partial charge in [-0.25, -0.2) is 4.79 Å². The number of carbonyl (C=O) groups excluding carboxylic acids is 1. The molecule has 7 heteroatoms. The first-order valence-corrected chi connectivity index (χ1v) is 5.83. The number of aliphatic hydroxyl groups is 1. The molecule has 0 spiro atoms. The second kappa shape index (κ2) is 6.97. The van der Waals surface area contributed by atoms with Crippen LogP contribution in [0.4, 0.5) is 0 Å². The molecule has 0 radical (unpaired) electrons. The molecule has 0 heterocycles. The number of hydrogen-bond donors (Lipinski definition) is 3. The number of carboxylic acids is 1. The molecule has 1 aromatic rings. The van der Waals surface area contributed by atoms with Crippen LogP contribution in [0.25, 0.3) is 0 Å². The monoisotopic (exact) mass is 317 g/mol. The minimum absolute atomic E-state index is 0.314. The molecule has 1 amide bonds.